The molecule has 5 rings (SSSR count). The zero-order valence-electron chi connectivity index (χ0n) is 17.2. The van der Waals surface area contributed by atoms with Crippen LogP contribution >= 0.6 is 11.8 Å². The van der Waals surface area contributed by atoms with Gasteiger partial charge in [-0.3, -0.25) is 9.69 Å². The van der Waals surface area contributed by atoms with Crippen molar-refractivity contribution in [2.45, 2.75) is 55.8 Å². The monoisotopic (exact) mass is 410 g/mol. The van der Waals surface area contributed by atoms with E-state index < -0.39 is 11.1 Å². The summed E-state index contributed by atoms with van der Waals surface area (Å²) in [5, 5.41) is 0.745. The van der Waals surface area contributed by atoms with Gasteiger partial charge in [-0.15, -0.1) is 0 Å². The lowest BCUT2D eigenvalue weighted by Gasteiger charge is -2.43. The van der Waals surface area contributed by atoms with Gasteiger partial charge in [0.1, 0.15) is 11.4 Å². The summed E-state index contributed by atoms with van der Waals surface area (Å²) >= 11 is 1.51. The summed E-state index contributed by atoms with van der Waals surface area (Å²) in [6.45, 7) is 0. The Balaban J connectivity index is 1.64. The van der Waals surface area contributed by atoms with Crippen molar-refractivity contribution in [3.63, 3.8) is 0 Å². The Morgan fingerprint density at radius 1 is 1.28 bits per heavy atom. The zero-order chi connectivity index (χ0) is 20.2. The van der Waals surface area contributed by atoms with Crippen molar-refractivity contribution >= 4 is 22.8 Å². The first-order valence-electron chi connectivity index (χ1n) is 10.3. The van der Waals surface area contributed by atoms with Gasteiger partial charge < -0.3 is 9.47 Å². The van der Waals surface area contributed by atoms with Crippen molar-refractivity contribution in [2.24, 2.45) is 10.9 Å². The molecule has 1 aromatic carbocycles. The average molecular weight is 411 g/mol. The first-order valence-corrected chi connectivity index (χ1v) is 11.6. The number of amidine groups is 1. The molecule has 2 heterocycles. The van der Waals surface area contributed by atoms with Crippen LogP contribution < -0.4 is 4.74 Å². The zero-order valence-corrected chi connectivity index (χ0v) is 18.0. The number of carbonyl (C=O) groups is 1. The highest BCUT2D eigenvalue weighted by atomic mass is 32.2. The van der Waals surface area contributed by atoms with Crippen LogP contribution in [0.1, 0.15) is 49.7 Å². The SMILES string of the molecule is COC1CCC2(CC1)Oc1ccc(C#CC3CC3)cc1C21N=C(SC)N(C)C1=O. The topological polar surface area (TPSA) is 51.1 Å². The van der Waals surface area contributed by atoms with E-state index in [1.165, 1.54) is 24.6 Å². The normalized spacial score (nSPS) is 32.8. The van der Waals surface area contributed by atoms with E-state index in [0.29, 0.717) is 5.92 Å². The van der Waals surface area contributed by atoms with Gasteiger partial charge in [-0.05, 0) is 63.0 Å². The number of rotatable bonds is 1. The highest BCUT2D eigenvalue weighted by Gasteiger charge is 2.69. The molecule has 29 heavy (non-hydrogen) atoms. The molecule has 2 spiro atoms. The van der Waals surface area contributed by atoms with E-state index in [0.717, 1.165) is 47.7 Å². The first-order chi connectivity index (χ1) is 14.0. The minimum absolute atomic E-state index is 0.00349. The summed E-state index contributed by atoms with van der Waals surface area (Å²) in [5.41, 5.74) is 0.127. The van der Waals surface area contributed by atoms with Crippen LogP contribution in [0.2, 0.25) is 0 Å². The highest BCUT2D eigenvalue weighted by molar-refractivity contribution is 8.13. The number of hydrogen-bond acceptors (Lipinski definition) is 5. The van der Waals surface area contributed by atoms with E-state index in [4.69, 9.17) is 14.5 Å². The number of amides is 1. The molecule has 0 saturated heterocycles. The Kier molecular flexibility index (Phi) is 4.45. The third-order valence-electron chi connectivity index (χ3n) is 6.75. The highest BCUT2D eigenvalue weighted by Crippen LogP contribution is 2.59. The number of likely N-dealkylation sites (N-methyl/N-ethyl adjacent to an activating group) is 1. The molecule has 0 N–H and O–H groups in total. The summed E-state index contributed by atoms with van der Waals surface area (Å²) in [5.74, 6) is 7.93. The molecule has 0 aromatic heterocycles. The maximum Gasteiger partial charge on any atom is 0.265 e. The van der Waals surface area contributed by atoms with Crippen LogP contribution in [-0.4, -0.2) is 48.1 Å². The van der Waals surface area contributed by atoms with Gasteiger partial charge in [0.05, 0.1) is 6.10 Å². The second kappa shape index (κ2) is 6.78. The standard InChI is InChI=1S/C23H26N2O3S/c1-25-20(26)23(24-21(25)29-3)18-14-16(7-6-15-4-5-15)8-9-19(18)28-22(23)12-10-17(27-2)11-13-22/h8-9,14-15,17H,4-5,10-13H2,1-3H3. The average Bonchev–Trinajstić information content (AvgIpc) is 3.49. The fraction of sp³-hybridized carbons (Fsp3) is 0.565. The molecule has 0 bridgehead atoms. The largest absolute Gasteiger partial charge is 0.483 e. The van der Waals surface area contributed by atoms with Crippen LogP contribution in [0.5, 0.6) is 5.75 Å². The quantitative estimate of drug-likeness (QED) is 0.665. The van der Waals surface area contributed by atoms with Gasteiger partial charge in [0.25, 0.3) is 5.91 Å². The minimum Gasteiger partial charge on any atom is -0.483 e. The number of thioether (sulfide) groups is 1. The first kappa shape index (κ1) is 19.0. The van der Waals surface area contributed by atoms with Crippen molar-refractivity contribution < 1.29 is 14.3 Å². The van der Waals surface area contributed by atoms with Crippen molar-refractivity contribution in [3.05, 3.63) is 29.3 Å². The Morgan fingerprint density at radius 3 is 2.66 bits per heavy atom. The number of fused-ring (bicyclic) bond motifs is 3. The number of benzene rings is 1. The molecular formula is C23H26N2O3S. The lowest BCUT2D eigenvalue weighted by atomic mass is 9.68. The molecule has 1 amide bonds. The van der Waals surface area contributed by atoms with Gasteiger partial charge in [-0.2, -0.15) is 0 Å². The number of methoxy groups -OCH3 is 1. The molecule has 1 aromatic rings. The molecule has 2 fully saturated rings. The molecule has 2 saturated carbocycles. The molecule has 0 radical (unpaired) electrons. The smallest absolute Gasteiger partial charge is 0.265 e. The maximum atomic E-state index is 13.7. The number of hydrogen-bond donors (Lipinski definition) is 0. The number of carbonyl (C=O) groups excluding carboxylic acids is 1. The van der Waals surface area contributed by atoms with Crippen molar-refractivity contribution in [2.75, 3.05) is 20.4 Å². The van der Waals surface area contributed by atoms with Crippen molar-refractivity contribution in [1.82, 2.24) is 4.90 Å². The van der Waals surface area contributed by atoms with Gasteiger partial charge in [0.15, 0.2) is 5.17 Å². The van der Waals surface area contributed by atoms with Crippen molar-refractivity contribution in [3.8, 4) is 17.6 Å². The summed E-state index contributed by atoms with van der Waals surface area (Å²) in [7, 11) is 3.57. The van der Waals surface area contributed by atoms with E-state index in [-0.39, 0.29) is 12.0 Å². The molecular weight excluding hydrogens is 384 g/mol. The van der Waals surface area contributed by atoms with Crippen LogP contribution in [0.15, 0.2) is 23.2 Å². The second-order valence-corrected chi connectivity index (χ2v) is 9.23. The Hall–Kier alpha value is -1.97. The van der Waals surface area contributed by atoms with Gasteiger partial charge in [-0.25, -0.2) is 4.99 Å². The molecule has 5 nitrogen and oxygen atoms in total. The summed E-state index contributed by atoms with van der Waals surface area (Å²) in [4.78, 5) is 20.5. The third-order valence-corrected chi connectivity index (χ3v) is 7.48. The van der Waals surface area contributed by atoms with E-state index in [9.17, 15) is 4.79 Å². The lowest BCUT2D eigenvalue weighted by Crippen LogP contribution is -2.57. The molecule has 4 aliphatic rings. The number of ether oxygens (including phenoxy) is 2. The Labute approximate surface area is 176 Å². The van der Waals surface area contributed by atoms with Gasteiger partial charge >= 0.3 is 0 Å². The predicted octanol–water partition coefficient (Wildman–Crippen LogP) is 3.55. The van der Waals surface area contributed by atoms with Crippen LogP contribution in [0.25, 0.3) is 0 Å². The molecule has 6 heteroatoms. The molecule has 2 aliphatic carbocycles. The number of nitrogens with zero attached hydrogens (tertiary/aromatic N) is 2. The fourth-order valence-corrected chi connectivity index (χ4v) is 5.52. The Bertz CT molecular complexity index is 951. The van der Waals surface area contributed by atoms with E-state index in [1.54, 1.807) is 12.0 Å². The Morgan fingerprint density at radius 2 is 2.03 bits per heavy atom. The minimum atomic E-state index is -1.02. The van der Waals surface area contributed by atoms with E-state index in [1.807, 2.05) is 31.5 Å². The van der Waals surface area contributed by atoms with Crippen LogP contribution in [0.3, 0.4) is 0 Å². The van der Waals surface area contributed by atoms with Crippen molar-refractivity contribution in [1.29, 1.82) is 0 Å². The molecule has 152 valence electrons. The number of aliphatic imine (C=N–C) groups is 1. The fourth-order valence-electron chi connectivity index (χ4n) is 4.93. The summed E-state index contributed by atoms with van der Waals surface area (Å²) in [6.07, 6.45) is 7.78. The maximum absolute atomic E-state index is 13.7. The second-order valence-electron chi connectivity index (χ2n) is 8.46. The lowest BCUT2D eigenvalue weighted by molar-refractivity contribution is -0.140. The van der Waals surface area contributed by atoms with Gasteiger partial charge in [-0.1, -0.05) is 23.6 Å². The summed E-state index contributed by atoms with van der Waals surface area (Å²) < 4.78 is 12.2. The van der Waals surface area contributed by atoms with E-state index in [2.05, 4.69) is 11.8 Å². The van der Waals surface area contributed by atoms with E-state index >= 15 is 0 Å². The third kappa shape index (κ3) is 2.74. The van der Waals surface area contributed by atoms with Crippen LogP contribution in [0.4, 0.5) is 0 Å². The predicted molar refractivity (Wildman–Crippen MR) is 114 cm³/mol. The van der Waals surface area contributed by atoms with Gasteiger partial charge in [0, 0.05) is 31.2 Å². The molecule has 1 unspecified atom stereocenters. The van der Waals surface area contributed by atoms with Gasteiger partial charge in [0.2, 0.25) is 5.54 Å². The van der Waals surface area contributed by atoms with Crippen LogP contribution in [-0.2, 0) is 15.1 Å². The molecule has 1 atom stereocenters. The summed E-state index contributed by atoms with van der Waals surface area (Å²) in [6, 6.07) is 6.02. The van der Waals surface area contributed by atoms with Crippen LogP contribution in [0, 0.1) is 17.8 Å². The molecule has 2 aliphatic heterocycles.